The summed E-state index contributed by atoms with van der Waals surface area (Å²) in [5.41, 5.74) is 2.11. The number of carbonyl (C=O) groups excluding carboxylic acids is 1. The number of tetrazole rings is 1. The lowest BCUT2D eigenvalue weighted by Gasteiger charge is -2.08. The molecule has 0 aliphatic rings. The van der Waals surface area contributed by atoms with Crippen molar-refractivity contribution in [2.75, 3.05) is 11.9 Å². The summed E-state index contributed by atoms with van der Waals surface area (Å²) in [4.78, 5) is 17.3. The Labute approximate surface area is 171 Å². The third-order valence-corrected chi connectivity index (χ3v) is 5.19. The van der Waals surface area contributed by atoms with Gasteiger partial charge >= 0.3 is 0 Å². The Bertz CT molecular complexity index is 1170. The summed E-state index contributed by atoms with van der Waals surface area (Å²) in [5, 5.41) is 15.3. The zero-order chi connectivity index (χ0) is 20.4. The van der Waals surface area contributed by atoms with Crippen LogP contribution < -0.4 is 10.1 Å². The summed E-state index contributed by atoms with van der Waals surface area (Å²) in [6.45, 7) is 6.54. The fraction of sp³-hybridized carbons (Fsp3) is 0.250. The first-order valence-electron chi connectivity index (χ1n) is 9.28. The highest BCUT2D eigenvalue weighted by molar-refractivity contribution is 7.22. The Hall–Kier alpha value is -3.33. The fourth-order valence-corrected chi connectivity index (χ4v) is 3.80. The van der Waals surface area contributed by atoms with Crippen LogP contribution in [0.2, 0.25) is 0 Å². The molecule has 9 heteroatoms. The molecule has 2 heterocycles. The molecule has 0 fully saturated rings. The van der Waals surface area contributed by atoms with E-state index in [1.807, 2.05) is 51.1 Å². The van der Waals surface area contributed by atoms with Crippen molar-refractivity contribution in [1.82, 2.24) is 25.2 Å². The standard InChI is InChI=1S/C20H20N6O2S/c1-4-28-15-8-9-16-17(11-15)29-20(21-16)22-19(27)14-7-5-6-13(10-14)18-23-24-25-26(18)12(2)3/h5-12H,4H2,1-3H3,(H,21,22,27). The van der Waals surface area contributed by atoms with E-state index in [0.29, 0.717) is 23.1 Å². The topological polar surface area (TPSA) is 94.8 Å². The molecular weight excluding hydrogens is 388 g/mol. The highest BCUT2D eigenvalue weighted by atomic mass is 32.1. The normalized spacial score (nSPS) is 11.2. The highest BCUT2D eigenvalue weighted by Gasteiger charge is 2.15. The molecule has 0 radical (unpaired) electrons. The summed E-state index contributed by atoms with van der Waals surface area (Å²) >= 11 is 1.41. The lowest BCUT2D eigenvalue weighted by molar-refractivity contribution is 0.102. The van der Waals surface area contributed by atoms with Gasteiger partial charge in [-0.3, -0.25) is 10.1 Å². The van der Waals surface area contributed by atoms with Crippen molar-refractivity contribution < 1.29 is 9.53 Å². The minimum absolute atomic E-state index is 0.113. The van der Waals surface area contributed by atoms with Crippen LogP contribution in [0, 0.1) is 0 Å². The molecule has 0 bridgehead atoms. The number of nitrogens with zero attached hydrogens (tertiary/aromatic N) is 5. The van der Waals surface area contributed by atoms with Gasteiger partial charge in [-0.05, 0) is 61.5 Å². The Balaban J connectivity index is 1.57. The second-order valence-corrected chi connectivity index (χ2v) is 7.69. The molecule has 29 heavy (non-hydrogen) atoms. The molecule has 0 saturated heterocycles. The zero-order valence-corrected chi connectivity index (χ0v) is 17.1. The van der Waals surface area contributed by atoms with Gasteiger partial charge in [0.25, 0.3) is 5.91 Å². The fourth-order valence-electron chi connectivity index (χ4n) is 2.92. The largest absolute Gasteiger partial charge is 0.494 e. The quantitative estimate of drug-likeness (QED) is 0.514. The van der Waals surface area contributed by atoms with E-state index in [1.165, 1.54) is 11.3 Å². The van der Waals surface area contributed by atoms with Crippen LogP contribution in [0.25, 0.3) is 21.6 Å². The first kappa shape index (κ1) is 19.0. The first-order chi connectivity index (χ1) is 14.0. The van der Waals surface area contributed by atoms with E-state index in [2.05, 4.69) is 25.8 Å². The molecule has 1 amide bonds. The first-order valence-corrected chi connectivity index (χ1v) is 10.1. The number of benzene rings is 2. The smallest absolute Gasteiger partial charge is 0.257 e. The van der Waals surface area contributed by atoms with Crippen LogP contribution in [0.4, 0.5) is 5.13 Å². The summed E-state index contributed by atoms with van der Waals surface area (Å²) < 4.78 is 8.20. The van der Waals surface area contributed by atoms with Gasteiger partial charge in [0.1, 0.15) is 5.75 Å². The number of amides is 1. The molecule has 8 nitrogen and oxygen atoms in total. The lowest BCUT2D eigenvalue weighted by Crippen LogP contribution is -2.12. The van der Waals surface area contributed by atoms with Gasteiger partial charge in [-0.2, -0.15) is 0 Å². The minimum Gasteiger partial charge on any atom is -0.494 e. The maximum atomic E-state index is 12.8. The van der Waals surface area contributed by atoms with E-state index in [-0.39, 0.29) is 11.9 Å². The van der Waals surface area contributed by atoms with Crippen LogP contribution >= 0.6 is 11.3 Å². The minimum atomic E-state index is -0.237. The monoisotopic (exact) mass is 408 g/mol. The molecule has 0 atom stereocenters. The predicted octanol–water partition coefficient (Wildman–Crippen LogP) is 4.18. The van der Waals surface area contributed by atoms with Crippen LogP contribution in [-0.2, 0) is 0 Å². The van der Waals surface area contributed by atoms with Gasteiger partial charge in [-0.15, -0.1) is 5.10 Å². The average Bonchev–Trinajstić information content (AvgIpc) is 3.34. The number of aromatic nitrogens is 5. The summed E-state index contributed by atoms with van der Waals surface area (Å²) in [6.07, 6.45) is 0. The number of nitrogens with one attached hydrogen (secondary N) is 1. The molecule has 1 N–H and O–H groups in total. The second-order valence-electron chi connectivity index (χ2n) is 6.66. The van der Waals surface area contributed by atoms with E-state index in [4.69, 9.17) is 4.74 Å². The number of anilines is 1. The molecule has 0 spiro atoms. The van der Waals surface area contributed by atoms with E-state index >= 15 is 0 Å². The number of rotatable bonds is 6. The van der Waals surface area contributed by atoms with Gasteiger partial charge in [0.05, 0.1) is 22.9 Å². The molecule has 148 valence electrons. The SMILES string of the molecule is CCOc1ccc2nc(NC(=O)c3cccc(-c4nnnn4C(C)C)c3)sc2c1. The van der Waals surface area contributed by atoms with Gasteiger partial charge in [0, 0.05) is 11.1 Å². The number of fused-ring (bicyclic) bond motifs is 1. The molecule has 0 aliphatic heterocycles. The lowest BCUT2D eigenvalue weighted by atomic mass is 10.1. The summed E-state index contributed by atoms with van der Waals surface area (Å²) in [7, 11) is 0. The molecule has 0 saturated carbocycles. The molecule has 2 aromatic heterocycles. The summed E-state index contributed by atoms with van der Waals surface area (Å²) in [5.74, 6) is 1.18. The number of thiazole rings is 1. The van der Waals surface area contributed by atoms with Crippen molar-refractivity contribution >= 4 is 32.6 Å². The number of hydrogen-bond acceptors (Lipinski definition) is 7. The van der Waals surface area contributed by atoms with E-state index in [1.54, 1.807) is 16.8 Å². The zero-order valence-electron chi connectivity index (χ0n) is 16.3. The van der Waals surface area contributed by atoms with Crippen molar-refractivity contribution in [2.45, 2.75) is 26.8 Å². The summed E-state index contributed by atoms with van der Waals surface area (Å²) in [6, 6.07) is 13.0. The average molecular weight is 408 g/mol. The molecule has 0 unspecified atom stereocenters. The van der Waals surface area contributed by atoms with Gasteiger partial charge in [0.15, 0.2) is 11.0 Å². The molecule has 0 aliphatic carbocycles. The van der Waals surface area contributed by atoms with Crippen LogP contribution in [0.1, 0.15) is 37.2 Å². The van der Waals surface area contributed by atoms with Gasteiger partial charge in [-0.25, -0.2) is 9.67 Å². The van der Waals surface area contributed by atoms with E-state index in [0.717, 1.165) is 21.5 Å². The second kappa shape index (κ2) is 7.96. The molecule has 2 aromatic carbocycles. The molecule has 4 rings (SSSR count). The number of ether oxygens (including phenoxy) is 1. The van der Waals surface area contributed by atoms with E-state index < -0.39 is 0 Å². The van der Waals surface area contributed by atoms with Crippen LogP contribution in [-0.4, -0.2) is 37.7 Å². The van der Waals surface area contributed by atoms with Crippen molar-refractivity contribution in [3.63, 3.8) is 0 Å². The maximum Gasteiger partial charge on any atom is 0.257 e. The number of hydrogen-bond donors (Lipinski definition) is 1. The van der Waals surface area contributed by atoms with Crippen LogP contribution in [0.3, 0.4) is 0 Å². The van der Waals surface area contributed by atoms with Gasteiger partial charge in [0.2, 0.25) is 0 Å². The maximum absolute atomic E-state index is 12.8. The third-order valence-electron chi connectivity index (χ3n) is 4.26. The Kier molecular flexibility index (Phi) is 5.22. The van der Waals surface area contributed by atoms with Crippen molar-refractivity contribution in [3.8, 4) is 17.1 Å². The van der Waals surface area contributed by atoms with Crippen molar-refractivity contribution in [1.29, 1.82) is 0 Å². The van der Waals surface area contributed by atoms with Gasteiger partial charge in [-0.1, -0.05) is 23.5 Å². The van der Waals surface area contributed by atoms with Gasteiger partial charge < -0.3 is 4.74 Å². The van der Waals surface area contributed by atoms with Crippen molar-refractivity contribution in [2.24, 2.45) is 0 Å². The Morgan fingerprint density at radius 2 is 2.10 bits per heavy atom. The van der Waals surface area contributed by atoms with E-state index in [9.17, 15) is 4.79 Å². The van der Waals surface area contributed by atoms with Crippen LogP contribution in [0.5, 0.6) is 5.75 Å². The highest BCUT2D eigenvalue weighted by Crippen LogP contribution is 2.30. The molecular formula is C20H20N6O2S. The van der Waals surface area contributed by atoms with Crippen molar-refractivity contribution in [3.05, 3.63) is 48.0 Å². The Morgan fingerprint density at radius 1 is 1.24 bits per heavy atom. The predicted molar refractivity (Wildman–Crippen MR) is 112 cm³/mol. The molecule has 4 aromatic rings. The Morgan fingerprint density at radius 3 is 2.90 bits per heavy atom. The van der Waals surface area contributed by atoms with Crippen LogP contribution in [0.15, 0.2) is 42.5 Å². The third kappa shape index (κ3) is 3.95. The number of carbonyl (C=O) groups is 1.